The highest BCUT2D eigenvalue weighted by atomic mass is 19.1. The van der Waals surface area contributed by atoms with E-state index in [0.29, 0.717) is 30.6 Å². The molecule has 0 spiro atoms. The SMILES string of the molecule is Cc1ccc(NCC(CN)C(C)C)c(F)c1. The van der Waals surface area contributed by atoms with E-state index in [1.54, 1.807) is 6.07 Å². The van der Waals surface area contributed by atoms with Crippen molar-refractivity contribution < 1.29 is 4.39 Å². The van der Waals surface area contributed by atoms with E-state index in [9.17, 15) is 4.39 Å². The fraction of sp³-hybridized carbons (Fsp3) is 0.538. The number of nitrogens with two attached hydrogens (primary N) is 1. The third-order valence-corrected chi connectivity index (χ3v) is 2.92. The number of halogens is 1. The number of anilines is 1. The molecule has 0 heterocycles. The molecule has 0 amide bonds. The lowest BCUT2D eigenvalue weighted by molar-refractivity contribution is 0.412. The van der Waals surface area contributed by atoms with E-state index in [1.807, 2.05) is 13.0 Å². The molecule has 0 bridgehead atoms. The lowest BCUT2D eigenvalue weighted by Crippen LogP contribution is -2.27. The molecule has 1 rings (SSSR count). The molecule has 0 fully saturated rings. The minimum atomic E-state index is -0.195. The van der Waals surface area contributed by atoms with Crippen LogP contribution in [0.5, 0.6) is 0 Å². The Labute approximate surface area is 97.0 Å². The van der Waals surface area contributed by atoms with E-state index in [0.717, 1.165) is 5.56 Å². The number of hydrogen-bond donors (Lipinski definition) is 2. The zero-order chi connectivity index (χ0) is 12.1. The van der Waals surface area contributed by atoms with E-state index < -0.39 is 0 Å². The van der Waals surface area contributed by atoms with Gasteiger partial charge in [-0.25, -0.2) is 4.39 Å². The van der Waals surface area contributed by atoms with Crippen molar-refractivity contribution in [1.82, 2.24) is 0 Å². The van der Waals surface area contributed by atoms with Crippen molar-refractivity contribution in [3.05, 3.63) is 29.6 Å². The van der Waals surface area contributed by atoms with Crippen LogP contribution in [-0.4, -0.2) is 13.1 Å². The highest BCUT2D eigenvalue weighted by Gasteiger charge is 2.11. The molecule has 1 atom stereocenters. The minimum Gasteiger partial charge on any atom is -0.382 e. The Kier molecular flexibility index (Phi) is 4.74. The van der Waals surface area contributed by atoms with Crippen LogP contribution in [0.25, 0.3) is 0 Å². The molecule has 0 saturated heterocycles. The summed E-state index contributed by atoms with van der Waals surface area (Å²) in [6, 6.07) is 5.21. The Morgan fingerprint density at radius 3 is 2.56 bits per heavy atom. The second kappa shape index (κ2) is 5.85. The van der Waals surface area contributed by atoms with Gasteiger partial charge in [0.1, 0.15) is 5.82 Å². The van der Waals surface area contributed by atoms with Crippen LogP contribution < -0.4 is 11.1 Å². The molecule has 2 nitrogen and oxygen atoms in total. The van der Waals surface area contributed by atoms with Gasteiger partial charge in [0.05, 0.1) is 5.69 Å². The number of hydrogen-bond acceptors (Lipinski definition) is 2. The zero-order valence-corrected chi connectivity index (χ0v) is 10.3. The summed E-state index contributed by atoms with van der Waals surface area (Å²) in [6.45, 7) is 7.48. The fourth-order valence-electron chi connectivity index (χ4n) is 1.60. The normalized spacial score (nSPS) is 12.9. The van der Waals surface area contributed by atoms with Crippen molar-refractivity contribution in [3.8, 4) is 0 Å². The maximum atomic E-state index is 13.5. The molecule has 0 aliphatic heterocycles. The molecule has 0 aliphatic carbocycles. The third-order valence-electron chi connectivity index (χ3n) is 2.92. The second-order valence-electron chi connectivity index (χ2n) is 4.60. The fourth-order valence-corrected chi connectivity index (χ4v) is 1.60. The molecule has 1 aromatic carbocycles. The maximum absolute atomic E-state index is 13.5. The summed E-state index contributed by atoms with van der Waals surface area (Å²) in [5, 5.41) is 3.12. The van der Waals surface area contributed by atoms with Gasteiger partial charge in [-0.2, -0.15) is 0 Å². The third kappa shape index (κ3) is 3.49. The first-order chi connectivity index (χ1) is 7.54. The summed E-state index contributed by atoms with van der Waals surface area (Å²) in [6.07, 6.45) is 0. The van der Waals surface area contributed by atoms with Gasteiger partial charge < -0.3 is 11.1 Å². The van der Waals surface area contributed by atoms with Gasteiger partial charge in [-0.1, -0.05) is 19.9 Å². The van der Waals surface area contributed by atoms with E-state index in [-0.39, 0.29) is 5.82 Å². The Morgan fingerprint density at radius 2 is 2.06 bits per heavy atom. The molecular formula is C13H21FN2. The van der Waals surface area contributed by atoms with E-state index in [1.165, 1.54) is 6.07 Å². The molecule has 1 aromatic rings. The number of aryl methyl sites for hydroxylation is 1. The van der Waals surface area contributed by atoms with Crippen LogP contribution in [0.3, 0.4) is 0 Å². The largest absolute Gasteiger partial charge is 0.382 e. The Morgan fingerprint density at radius 1 is 1.38 bits per heavy atom. The summed E-state index contributed by atoms with van der Waals surface area (Å²) >= 11 is 0. The van der Waals surface area contributed by atoms with Crippen LogP contribution >= 0.6 is 0 Å². The smallest absolute Gasteiger partial charge is 0.146 e. The predicted molar refractivity (Wildman–Crippen MR) is 67.0 cm³/mol. The average Bonchev–Trinajstić information content (AvgIpc) is 2.21. The molecule has 3 N–H and O–H groups in total. The Balaban J connectivity index is 2.60. The van der Waals surface area contributed by atoms with Gasteiger partial charge in [0.25, 0.3) is 0 Å². The van der Waals surface area contributed by atoms with Crippen molar-refractivity contribution in [2.45, 2.75) is 20.8 Å². The summed E-state index contributed by atoms with van der Waals surface area (Å²) in [5.41, 5.74) is 7.16. The molecule has 3 heteroatoms. The standard InChI is InChI=1S/C13H21FN2/c1-9(2)11(7-15)8-16-13-5-4-10(3)6-12(13)14/h4-6,9,11,16H,7-8,15H2,1-3H3. The van der Waals surface area contributed by atoms with Crippen molar-refractivity contribution in [1.29, 1.82) is 0 Å². The van der Waals surface area contributed by atoms with Crippen LogP contribution in [0.15, 0.2) is 18.2 Å². The number of rotatable bonds is 5. The molecule has 0 radical (unpaired) electrons. The summed E-state index contributed by atoms with van der Waals surface area (Å²) < 4.78 is 13.5. The lowest BCUT2D eigenvalue weighted by Gasteiger charge is -2.20. The van der Waals surface area contributed by atoms with Crippen molar-refractivity contribution in [2.75, 3.05) is 18.4 Å². The molecule has 0 saturated carbocycles. The lowest BCUT2D eigenvalue weighted by atomic mass is 9.96. The van der Waals surface area contributed by atoms with Gasteiger partial charge in [-0.15, -0.1) is 0 Å². The second-order valence-corrected chi connectivity index (χ2v) is 4.60. The molecular weight excluding hydrogens is 203 g/mol. The van der Waals surface area contributed by atoms with Crippen molar-refractivity contribution in [3.63, 3.8) is 0 Å². The van der Waals surface area contributed by atoms with E-state index in [4.69, 9.17) is 5.73 Å². The van der Waals surface area contributed by atoms with Crippen LogP contribution in [-0.2, 0) is 0 Å². The van der Waals surface area contributed by atoms with Gasteiger partial charge in [0.2, 0.25) is 0 Å². The number of benzene rings is 1. The predicted octanol–water partition coefficient (Wildman–Crippen LogP) is 2.78. The van der Waals surface area contributed by atoms with Crippen molar-refractivity contribution >= 4 is 5.69 Å². The molecule has 0 aromatic heterocycles. The average molecular weight is 224 g/mol. The highest BCUT2D eigenvalue weighted by molar-refractivity contribution is 5.46. The topological polar surface area (TPSA) is 38.0 Å². The van der Waals surface area contributed by atoms with Crippen LogP contribution in [0.4, 0.5) is 10.1 Å². The van der Waals surface area contributed by atoms with Gasteiger partial charge in [-0.3, -0.25) is 0 Å². The maximum Gasteiger partial charge on any atom is 0.146 e. The monoisotopic (exact) mass is 224 g/mol. The first kappa shape index (κ1) is 13.0. The van der Waals surface area contributed by atoms with Gasteiger partial charge in [0, 0.05) is 6.54 Å². The molecule has 1 unspecified atom stereocenters. The Hall–Kier alpha value is -1.09. The van der Waals surface area contributed by atoms with Crippen LogP contribution in [0, 0.1) is 24.6 Å². The molecule has 90 valence electrons. The van der Waals surface area contributed by atoms with Gasteiger partial charge in [0.15, 0.2) is 0 Å². The first-order valence-corrected chi connectivity index (χ1v) is 5.74. The zero-order valence-electron chi connectivity index (χ0n) is 10.3. The first-order valence-electron chi connectivity index (χ1n) is 5.74. The molecule has 16 heavy (non-hydrogen) atoms. The highest BCUT2D eigenvalue weighted by Crippen LogP contribution is 2.17. The Bertz CT molecular complexity index is 337. The summed E-state index contributed by atoms with van der Waals surface area (Å²) in [4.78, 5) is 0. The number of nitrogens with one attached hydrogen (secondary N) is 1. The molecule has 0 aliphatic rings. The van der Waals surface area contributed by atoms with E-state index in [2.05, 4.69) is 19.2 Å². The van der Waals surface area contributed by atoms with Gasteiger partial charge in [-0.05, 0) is 43.0 Å². The summed E-state index contributed by atoms with van der Waals surface area (Å²) in [5.74, 6) is 0.686. The van der Waals surface area contributed by atoms with Crippen LogP contribution in [0.2, 0.25) is 0 Å². The van der Waals surface area contributed by atoms with E-state index >= 15 is 0 Å². The summed E-state index contributed by atoms with van der Waals surface area (Å²) in [7, 11) is 0. The van der Waals surface area contributed by atoms with Gasteiger partial charge >= 0.3 is 0 Å². The van der Waals surface area contributed by atoms with Crippen LogP contribution in [0.1, 0.15) is 19.4 Å². The van der Waals surface area contributed by atoms with Crippen molar-refractivity contribution in [2.24, 2.45) is 17.6 Å². The quantitative estimate of drug-likeness (QED) is 0.807. The minimum absolute atomic E-state index is 0.195.